The first-order chi connectivity index (χ1) is 9.47. The first kappa shape index (κ1) is 14.1. The molecule has 1 amide bonds. The molecule has 0 aliphatic carbocycles. The van der Waals surface area contributed by atoms with Crippen LogP contribution >= 0.6 is 11.3 Å². The molecule has 8 heteroatoms. The van der Waals surface area contributed by atoms with Crippen molar-refractivity contribution in [3.63, 3.8) is 0 Å². The van der Waals surface area contributed by atoms with Gasteiger partial charge in [0.15, 0.2) is 5.75 Å². The van der Waals surface area contributed by atoms with Crippen LogP contribution in [0.5, 0.6) is 5.75 Å². The Balaban J connectivity index is 2.46. The van der Waals surface area contributed by atoms with Crippen molar-refractivity contribution in [3.05, 3.63) is 27.4 Å². The van der Waals surface area contributed by atoms with Crippen LogP contribution in [-0.4, -0.2) is 35.2 Å². The van der Waals surface area contributed by atoms with Gasteiger partial charge in [-0.05, 0) is 11.4 Å². The SMILES string of the molecule is COC(=O)CNC(=O)c1c(O)c2sccc2n(C)c1=O. The van der Waals surface area contributed by atoms with E-state index in [1.54, 1.807) is 11.4 Å². The van der Waals surface area contributed by atoms with E-state index in [4.69, 9.17) is 0 Å². The van der Waals surface area contributed by atoms with Crippen molar-refractivity contribution >= 4 is 33.4 Å². The molecule has 0 fully saturated rings. The zero-order valence-electron chi connectivity index (χ0n) is 10.8. The molecule has 2 aromatic rings. The van der Waals surface area contributed by atoms with E-state index >= 15 is 0 Å². The number of ether oxygens (including phenoxy) is 1. The number of hydrogen-bond donors (Lipinski definition) is 2. The summed E-state index contributed by atoms with van der Waals surface area (Å²) in [6.45, 7) is -0.375. The third kappa shape index (κ3) is 2.25. The number of nitrogens with zero attached hydrogens (tertiary/aromatic N) is 1. The summed E-state index contributed by atoms with van der Waals surface area (Å²) in [7, 11) is 2.69. The molecule has 2 heterocycles. The van der Waals surface area contributed by atoms with Gasteiger partial charge < -0.3 is 19.7 Å². The Hall–Kier alpha value is -2.35. The van der Waals surface area contributed by atoms with E-state index < -0.39 is 17.4 Å². The second kappa shape index (κ2) is 5.33. The zero-order chi connectivity index (χ0) is 14.9. The van der Waals surface area contributed by atoms with Gasteiger partial charge in [0.05, 0.1) is 17.3 Å². The molecule has 0 aromatic carbocycles. The minimum atomic E-state index is -0.816. The van der Waals surface area contributed by atoms with Crippen molar-refractivity contribution in [2.75, 3.05) is 13.7 Å². The number of esters is 1. The highest BCUT2D eigenvalue weighted by Gasteiger charge is 2.22. The van der Waals surface area contributed by atoms with Crippen LogP contribution in [0.4, 0.5) is 0 Å². The number of methoxy groups -OCH3 is 1. The van der Waals surface area contributed by atoms with E-state index in [2.05, 4.69) is 10.1 Å². The fourth-order valence-corrected chi connectivity index (χ4v) is 2.63. The maximum atomic E-state index is 12.1. The molecule has 2 rings (SSSR count). The van der Waals surface area contributed by atoms with Crippen LogP contribution in [0.2, 0.25) is 0 Å². The van der Waals surface area contributed by atoms with Gasteiger partial charge >= 0.3 is 5.97 Å². The Kier molecular flexibility index (Phi) is 3.75. The first-order valence-electron chi connectivity index (χ1n) is 5.61. The van der Waals surface area contributed by atoms with Crippen LogP contribution in [0.1, 0.15) is 10.4 Å². The molecule has 20 heavy (non-hydrogen) atoms. The first-order valence-corrected chi connectivity index (χ1v) is 6.49. The summed E-state index contributed by atoms with van der Waals surface area (Å²) in [6, 6.07) is 1.68. The highest BCUT2D eigenvalue weighted by molar-refractivity contribution is 7.17. The zero-order valence-corrected chi connectivity index (χ0v) is 11.6. The van der Waals surface area contributed by atoms with Gasteiger partial charge in [-0.1, -0.05) is 0 Å². The molecule has 7 nitrogen and oxygen atoms in total. The Morgan fingerprint density at radius 2 is 2.20 bits per heavy atom. The van der Waals surface area contributed by atoms with Crippen LogP contribution in [0.3, 0.4) is 0 Å². The van der Waals surface area contributed by atoms with E-state index in [0.717, 1.165) is 0 Å². The summed E-state index contributed by atoms with van der Waals surface area (Å²) in [5, 5.41) is 14.0. The summed E-state index contributed by atoms with van der Waals surface area (Å²) in [4.78, 5) is 35.0. The second-order valence-electron chi connectivity index (χ2n) is 3.98. The Morgan fingerprint density at radius 1 is 1.50 bits per heavy atom. The summed E-state index contributed by atoms with van der Waals surface area (Å²) >= 11 is 1.22. The monoisotopic (exact) mass is 296 g/mol. The lowest BCUT2D eigenvalue weighted by Gasteiger charge is -2.09. The van der Waals surface area contributed by atoms with Crippen molar-refractivity contribution in [3.8, 4) is 5.75 Å². The van der Waals surface area contributed by atoms with E-state index in [-0.39, 0.29) is 17.9 Å². The van der Waals surface area contributed by atoms with Crippen LogP contribution in [0.25, 0.3) is 10.2 Å². The normalized spacial score (nSPS) is 10.5. The molecule has 0 aliphatic rings. The minimum Gasteiger partial charge on any atom is -0.505 e. The number of hydrogen-bond acceptors (Lipinski definition) is 6. The van der Waals surface area contributed by atoms with Gasteiger partial charge in [-0.15, -0.1) is 11.3 Å². The lowest BCUT2D eigenvalue weighted by Crippen LogP contribution is -2.35. The van der Waals surface area contributed by atoms with Gasteiger partial charge in [0.1, 0.15) is 12.1 Å². The smallest absolute Gasteiger partial charge is 0.325 e. The number of carbonyl (C=O) groups is 2. The lowest BCUT2D eigenvalue weighted by atomic mass is 10.2. The highest BCUT2D eigenvalue weighted by atomic mass is 32.1. The molecule has 0 unspecified atom stereocenters. The van der Waals surface area contributed by atoms with E-state index in [1.807, 2.05) is 0 Å². The third-order valence-electron chi connectivity index (χ3n) is 2.82. The predicted molar refractivity (Wildman–Crippen MR) is 73.1 cm³/mol. The summed E-state index contributed by atoms with van der Waals surface area (Å²) < 4.78 is 6.10. The average molecular weight is 296 g/mol. The predicted octanol–water partition coefficient (Wildman–Crippen LogP) is 0.208. The molecule has 0 radical (unpaired) electrons. The van der Waals surface area contributed by atoms with Crippen LogP contribution in [0, 0.1) is 0 Å². The Labute approximate surface area is 117 Å². The maximum absolute atomic E-state index is 12.1. The number of fused-ring (bicyclic) bond motifs is 1. The highest BCUT2D eigenvalue weighted by Crippen LogP contribution is 2.30. The van der Waals surface area contributed by atoms with Gasteiger partial charge in [-0.3, -0.25) is 14.4 Å². The van der Waals surface area contributed by atoms with Gasteiger partial charge in [0.2, 0.25) is 0 Å². The Bertz CT molecular complexity index is 746. The van der Waals surface area contributed by atoms with Crippen LogP contribution in [-0.2, 0) is 16.6 Å². The van der Waals surface area contributed by atoms with E-state index in [1.165, 1.54) is 30.1 Å². The average Bonchev–Trinajstić information content (AvgIpc) is 2.92. The fourth-order valence-electron chi connectivity index (χ4n) is 1.75. The third-order valence-corrected chi connectivity index (χ3v) is 3.73. The molecule has 106 valence electrons. The molecule has 0 atom stereocenters. The van der Waals surface area contributed by atoms with Crippen molar-refractivity contribution in [1.82, 2.24) is 9.88 Å². The number of aryl methyl sites for hydroxylation is 1. The lowest BCUT2D eigenvalue weighted by molar-refractivity contribution is -0.139. The molecular formula is C12H12N2O5S. The molecular weight excluding hydrogens is 284 g/mol. The number of nitrogens with one attached hydrogen (secondary N) is 1. The molecule has 2 aromatic heterocycles. The summed E-state index contributed by atoms with van der Waals surface area (Å²) in [6.07, 6.45) is 0. The van der Waals surface area contributed by atoms with E-state index in [0.29, 0.717) is 10.2 Å². The number of aromatic nitrogens is 1. The van der Waals surface area contributed by atoms with Gasteiger partial charge in [0, 0.05) is 7.05 Å². The number of thiophene rings is 1. The van der Waals surface area contributed by atoms with Crippen molar-refractivity contribution < 1.29 is 19.4 Å². The molecule has 0 spiro atoms. The van der Waals surface area contributed by atoms with Gasteiger partial charge in [-0.2, -0.15) is 0 Å². The van der Waals surface area contributed by atoms with Crippen LogP contribution in [0.15, 0.2) is 16.2 Å². The fraction of sp³-hybridized carbons (Fsp3) is 0.250. The largest absolute Gasteiger partial charge is 0.505 e. The number of pyridine rings is 1. The molecule has 0 saturated heterocycles. The summed E-state index contributed by atoms with van der Waals surface area (Å²) in [5.74, 6) is -1.84. The maximum Gasteiger partial charge on any atom is 0.325 e. The minimum absolute atomic E-state index is 0.375. The molecule has 0 aliphatic heterocycles. The second-order valence-corrected chi connectivity index (χ2v) is 4.90. The van der Waals surface area contributed by atoms with Gasteiger partial charge in [-0.25, -0.2) is 0 Å². The number of amides is 1. The topological polar surface area (TPSA) is 97.6 Å². The quantitative estimate of drug-likeness (QED) is 0.789. The number of aromatic hydroxyl groups is 1. The van der Waals surface area contributed by atoms with Crippen molar-refractivity contribution in [2.45, 2.75) is 0 Å². The molecule has 0 saturated carbocycles. The number of carbonyl (C=O) groups excluding carboxylic acids is 2. The summed E-state index contributed by atoms with van der Waals surface area (Å²) in [5.41, 5.74) is -0.468. The Morgan fingerprint density at radius 3 is 2.85 bits per heavy atom. The van der Waals surface area contributed by atoms with Gasteiger partial charge in [0.25, 0.3) is 11.5 Å². The van der Waals surface area contributed by atoms with Crippen molar-refractivity contribution in [2.24, 2.45) is 7.05 Å². The molecule has 2 N–H and O–H groups in total. The standard InChI is InChI=1S/C12H12N2O5S/c1-14-6-3-4-20-10(6)9(16)8(12(14)18)11(17)13-5-7(15)19-2/h3-4,16H,5H2,1-2H3,(H,13,17). The van der Waals surface area contributed by atoms with E-state index in [9.17, 15) is 19.5 Å². The van der Waals surface area contributed by atoms with Crippen LogP contribution < -0.4 is 10.9 Å². The molecule has 0 bridgehead atoms. The number of rotatable bonds is 3. The van der Waals surface area contributed by atoms with Crippen molar-refractivity contribution in [1.29, 1.82) is 0 Å².